The Kier molecular flexibility index (Phi) is 5.78. The molecule has 0 radical (unpaired) electrons. The van der Waals surface area contributed by atoms with Crippen LogP contribution in [0, 0.1) is 0 Å². The van der Waals surface area contributed by atoms with E-state index in [1.54, 1.807) is 0 Å². The molecular weight excluding hydrogens is 284 g/mol. The fraction of sp³-hybridized carbons (Fsp3) is 0.312. The van der Waals surface area contributed by atoms with Crippen LogP contribution in [0.1, 0.15) is 16.7 Å². The van der Waals surface area contributed by atoms with Gasteiger partial charge in [0.2, 0.25) is 5.91 Å². The van der Waals surface area contributed by atoms with Crippen molar-refractivity contribution in [3.63, 3.8) is 0 Å². The molecule has 0 bridgehead atoms. The Bertz CT molecular complexity index is 595. The molecule has 0 aliphatic rings. The SMILES string of the molecule is CCc1ccc(CNc2cccc(NC(=O)COC)c2)s1. The normalized spacial score (nSPS) is 10.4. The average molecular weight is 304 g/mol. The smallest absolute Gasteiger partial charge is 0.250 e. The summed E-state index contributed by atoms with van der Waals surface area (Å²) >= 11 is 1.82. The summed E-state index contributed by atoms with van der Waals surface area (Å²) in [6.45, 7) is 3.02. The summed E-state index contributed by atoms with van der Waals surface area (Å²) in [5.41, 5.74) is 1.75. The van der Waals surface area contributed by atoms with Crippen molar-refractivity contribution < 1.29 is 9.53 Å². The standard InChI is InChI=1S/C16H20N2O2S/c1-3-14-7-8-15(21-14)10-17-12-5-4-6-13(9-12)18-16(19)11-20-2/h4-9,17H,3,10-11H2,1-2H3,(H,18,19). The van der Waals surface area contributed by atoms with E-state index in [1.807, 2.05) is 35.6 Å². The van der Waals surface area contributed by atoms with Crippen LogP contribution in [0.25, 0.3) is 0 Å². The van der Waals surface area contributed by atoms with Crippen molar-refractivity contribution in [2.24, 2.45) is 0 Å². The van der Waals surface area contributed by atoms with Crippen LogP contribution in [-0.4, -0.2) is 19.6 Å². The highest BCUT2D eigenvalue weighted by Crippen LogP contribution is 2.20. The molecular formula is C16H20N2O2S. The highest BCUT2D eigenvalue weighted by Gasteiger charge is 2.03. The lowest BCUT2D eigenvalue weighted by atomic mass is 10.2. The zero-order valence-corrected chi connectivity index (χ0v) is 13.1. The molecule has 4 nitrogen and oxygen atoms in total. The number of nitrogens with one attached hydrogen (secondary N) is 2. The van der Waals surface area contributed by atoms with Crippen LogP contribution in [-0.2, 0) is 22.5 Å². The van der Waals surface area contributed by atoms with E-state index < -0.39 is 0 Å². The van der Waals surface area contributed by atoms with E-state index in [2.05, 4.69) is 29.7 Å². The van der Waals surface area contributed by atoms with Crippen LogP contribution in [0.5, 0.6) is 0 Å². The van der Waals surface area contributed by atoms with Gasteiger partial charge in [0.15, 0.2) is 0 Å². The maximum Gasteiger partial charge on any atom is 0.250 e. The van der Waals surface area contributed by atoms with Crippen molar-refractivity contribution in [3.05, 3.63) is 46.2 Å². The molecule has 0 saturated heterocycles. The Labute approximate surface area is 129 Å². The molecule has 2 aromatic rings. The van der Waals surface area contributed by atoms with Crippen molar-refractivity contribution in [3.8, 4) is 0 Å². The van der Waals surface area contributed by atoms with Crippen molar-refractivity contribution >= 4 is 28.6 Å². The van der Waals surface area contributed by atoms with Crippen molar-refractivity contribution in [1.82, 2.24) is 0 Å². The molecule has 0 aliphatic heterocycles. The Balaban J connectivity index is 1.92. The van der Waals surface area contributed by atoms with Crippen LogP contribution in [0.3, 0.4) is 0 Å². The summed E-state index contributed by atoms with van der Waals surface area (Å²) < 4.78 is 4.80. The Morgan fingerprint density at radius 1 is 1.19 bits per heavy atom. The predicted molar refractivity (Wildman–Crippen MR) is 88.0 cm³/mol. The van der Waals surface area contributed by atoms with E-state index in [-0.39, 0.29) is 12.5 Å². The van der Waals surface area contributed by atoms with E-state index in [0.717, 1.165) is 24.3 Å². The number of amides is 1. The molecule has 2 rings (SSSR count). The number of aryl methyl sites for hydroxylation is 1. The minimum Gasteiger partial charge on any atom is -0.380 e. The monoisotopic (exact) mass is 304 g/mol. The molecule has 112 valence electrons. The van der Waals surface area contributed by atoms with Gasteiger partial charge in [0.1, 0.15) is 6.61 Å². The van der Waals surface area contributed by atoms with Gasteiger partial charge in [-0.05, 0) is 36.8 Å². The minimum absolute atomic E-state index is 0.0621. The number of hydrogen-bond donors (Lipinski definition) is 2. The first-order valence-corrected chi connectivity index (χ1v) is 7.73. The molecule has 1 heterocycles. The topological polar surface area (TPSA) is 50.4 Å². The van der Waals surface area contributed by atoms with Crippen LogP contribution in [0.4, 0.5) is 11.4 Å². The van der Waals surface area contributed by atoms with Gasteiger partial charge in [0.25, 0.3) is 0 Å². The van der Waals surface area contributed by atoms with Gasteiger partial charge in [-0.3, -0.25) is 4.79 Å². The first-order valence-electron chi connectivity index (χ1n) is 6.91. The molecule has 0 unspecified atom stereocenters. The minimum atomic E-state index is -0.152. The molecule has 0 fully saturated rings. The molecule has 0 atom stereocenters. The lowest BCUT2D eigenvalue weighted by Gasteiger charge is -2.08. The maximum atomic E-state index is 11.5. The Morgan fingerprint density at radius 3 is 2.67 bits per heavy atom. The fourth-order valence-corrected chi connectivity index (χ4v) is 2.83. The zero-order valence-electron chi connectivity index (χ0n) is 12.3. The summed E-state index contributed by atoms with van der Waals surface area (Å²) in [6, 6.07) is 12.0. The van der Waals surface area contributed by atoms with E-state index >= 15 is 0 Å². The molecule has 1 aromatic heterocycles. The van der Waals surface area contributed by atoms with Gasteiger partial charge < -0.3 is 15.4 Å². The highest BCUT2D eigenvalue weighted by molar-refractivity contribution is 7.12. The molecule has 5 heteroatoms. The Morgan fingerprint density at radius 2 is 1.95 bits per heavy atom. The summed E-state index contributed by atoms with van der Waals surface area (Å²) in [4.78, 5) is 14.2. The van der Waals surface area contributed by atoms with Crippen molar-refractivity contribution in [2.45, 2.75) is 19.9 Å². The number of hydrogen-bond acceptors (Lipinski definition) is 4. The number of thiophene rings is 1. The van der Waals surface area contributed by atoms with Gasteiger partial charge in [-0.2, -0.15) is 0 Å². The first-order chi connectivity index (χ1) is 10.2. The second-order valence-electron chi connectivity index (χ2n) is 4.64. The van der Waals surface area contributed by atoms with Gasteiger partial charge >= 0.3 is 0 Å². The second-order valence-corrected chi connectivity index (χ2v) is 5.89. The summed E-state index contributed by atoms with van der Waals surface area (Å²) in [6.07, 6.45) is 1.08. The molecule has 2 N–H and O–H groups in total. The third kappa shape index (κ3) is 4.88. The molecule has 21 heavy (non-hydrogen) atoms. The highest BCUT2D eigenvalue weighted by atomic mass is 32.1. The van der Waals surface area contributed by atoms with Crippen LogP contribution in [0.15, 0.2) is 36.4 Å². The third-order valence-electron chi connectivity index (χ3n) is 2.95. The molecule has 1 amide bonds. The van der Waals surface area contributed by atoms with Crippen LogP contribution >= 0.6 is 11.3 Å². The second kappa shape index (κ2) is 7.81. The van der Waals surface area contributed by atoms with Crippen LogP contribution in [0.2, 0.25) is 0 Å². The van der Waals surface area contributed by atoms with Gasteiger partial charge in [-0.1, -0.05) is 13.0 Å². The lowest BCUT2D eigenvalue weighted by molar-refractivity contribution is -0.119. The number of ether oxygens (including phenoxy) is 1. The third-order valence-corrected chi connectivity index (χ3v) is 4.18. The largest absolute Gasteiger partial charge is 0.380 e. The van der Waals surface area contributed by atoms with Crippen molar-refractivity contribution in [2.75, 3.05) is 24.4 Å². The Hall–Kier alpha value is -1.85. The summed E-state index contributed by atoms with van der Waals surface area (Å²) in [5, 5.41) is 6.17. The molecule has 0 aliphatic carbocycles. The van der Waals surface area contributed by atoms with Crippen molar-refractivity contribution in [1.29, 1.82) is 0 Å². The van der Waals surface area contributed by atoms with E-state index in [0.29, 0.717) is 0 Å². The number of anilines is 2. The number of methoxy groups -OCH3 is 1. The van der Waals surface area contributed by atoms with Crippen LogP contribution < -0.4 is 10.6 Å². The number of carbonyl (C=O) groups is 1. The fourth-order valence-electron chi connectivity index (χ4n) is 1.93. The van der Waals surface area contributed by atoms with Gasteiger partial charge in [0, 0.05) is 34.8 Å². The average Bonchev–Trinajstić information content (AvgIpc) is 2.94. The van der Waals surface area contributed by atoms with Gasteiger partial charge in [0.05, 0.1) is 0 Å². The number of carbonyl (C=O) groups excluding carboxylic acids is 1. The van der Waals surface area contributed by atoms with E-state index in [9.17, 15) is 4.79 Å². The quantitative estimate of drug-likeness (QED) is 0.823. The molecule has 1 aromatic carbocycles. The summed E-state index contributed by atoms with van der Waals surface area (Å²) in [7, 11) is 1.50. The zero-order chi connectivity index (χ0) is 15.1. The van der Waals surface area contributed by atoms with Gasteiger partial charge in [-0.25, -0.2) is 0 Å². The number of benzene rings is 1. The molecule has 0 spiro atoms. The first kappa shape index (κ1) is 15.5. The predicted octanol–water partition coefficient (Wildman–Crippen LogP) is 3.51. The summed E-state index contributed by atoms with van der Waals surface area (Å²) in [5.74, 6) is -0.152. The van der Waals surface area contributed by atoms with Gasteiger partial charge in [-0.15, -0.1) is 11.3 Å². The number of rotatable bonds is 7. The van der Waals surface area contributed by atoms with E-state index in [4.69, 9.17) is 4.74 Å². The lowest BCUT2D eigenvalue weighted by Crippen LogP contribution is -2.17. The van der Waals surface area contributed by atoms with E-state index in [1.165, 1.54) is 16.9 Å². The maximum absolute atomic E-state index is 11.5. The molecule has 0 saturated carbocycles.